The molecule has 5 nitrogen and oxygen atoms in total. The summed E-state index contributed by atoms with van der Waals surface area (Å²) in [5.74, 6) is -0.110. The summed E-state index contributed by atoms with van der Waals surface area (Å²) in [5, 5.41) is 3.09. The standard InChI is InChI=1S/C23H27N3O2/c1-16(14-23(3,4)19-8-6-5-7-9-19)25-21(27)18-10-12-20(13-11-18)26-17(2)15-24-22(26)28/h5-13,15-16H,14H2,1-4H3,(H,24,28)(H,25,27). The van der Waals surface area contributed by atoms with Crippen molar-refractivity contribution >= 4 is 5.91 Å². The van der Waals surface area contributed by atoms with Crippen LogP contribution in [0, 0.1) is 6.92 Å². The molecule has 1 atom stereocenters. The van der Waals surface area contributed by atoms with Crippen molar-refractivity contribution in [3.8, 4) is 5.69 Å². The summed E-state index contributed by atoms with van der Waals surface area (Å²) in [4.78, 5) is 27.2. The van der Waals surface area contributed by atoms with Gasteiger partial charge in [0.2, 0.25) is 0 Å². The number of imidazole rings is 1. The lowest BCUT2D eigenvalue weighted by molar-refractivity contribution is 0.0934. The molecule has 0 aliphatic heterocycles. The zero-order chi connectivity index (χ0) is 20.3. The highest BCUT2D eigenvalue weighted by Gasteiger charge is 2.24. The van der Waals surface area contributed by atoms with Crippen LogP contribution in [0.4, 0.5) is 0 Å². The average molecular weight is 377 g/mol. The molecule has 0 radical (unpaired) electrons. The van der Waals surface area contributed by atoms with Crippen LogP contribution in [0.15, 0.2) is 65.6 Å². The molecule has 0 fully saturated rings. The first-order chi connectivity index (χ1) is 13.3. The Kier molecular flexibility index (Phi) is 5.54. The quantitative estimate of drug-likeness (QED) is 0.683. The van der Waals surface area contributed by atoms with E-state index in [2.05, 4.69) is 36.3 Å². The van der Waals surface area contributed by atoms with Crippen LogP contribution in [0.1, 0.15) is 48.8 Å². The minimum atomic E-state index is -0.188. The average Bonchev–Trinajstić information content (AvgIpc) is 3.00. The van der Waals surface area contributed by atoms with Crippen molar-refractivity contribution in [3.05, 3.63) is 88.1 Å². The van der Waals surface area contributed by atoms with Crippen LogP contribution in [-0.4, -0.2) is 21.5 Å². The number of aryl methyl sites for hydroxylation is 1. The second-order valence-corrected chi connectivity index (χ2v) is 7.95. The summed E-state index contributed by atoms with van der Waals surface area (Å²) in [6.07, 6.45) is 2.50. The molecule has 0 bridgehead atoms. The molecule has 0 aliphatic carbocycles. The van der Waals surface area contributed by atoms with E-state index in [-0.39, 0.29) is 23.1 Å². The Morgan fingerprint density at radius 2 is 1.75 bits per heavy atom. The molecule has 0 spiro atoms. The molecule has 146 valence electrons. The molecular formula is C23H27N3O2. The number of aromatic amines is 1. The van der Waals surface area contributed by atoms with Gasteiger partial charge in [0, 0.05) is 23.5 Å². The second kappa shape index (κ2) is 7.89. The van der Waals surface area contributed by atoms with Crippen LogP contribution >= 0.6 is 0 Å². The van der Waals surface area contributed by atoms with Crippen molar-refractivity contribution in [1.29, 1.82) is 0 Å². The summed E-state index contributed by atoms with van der Waals surface area (Å²) >= 11 is 0. The third kappa shape index (κ3) is 4.25. The number of nitrogens with zero attached hydrogens (tertiary/aromatic N) is 1. The summed E-state index contributed by atoms with van der Waals surface area (Å²) in [6.45, 7) is 8.27. The summed E-state index contributed by atoms with van der Waals surface area (Å²) in [7, 11) is 0. The Hall–Kier alpha value is -3.08. The van der Waals surface area contributed by atoms with E-state index in [0.717, 1.165) is 17.8 Å². The number of amides is 1. The van der Waals surface area contributed by atoms with Crippen LogP contribution in [0.5, 0.6) is 0 Å². The maximum Gasteiger partial charge on any atom is 0.330 e. The minimum absolute atomic E-state index is 0.0249. The van der Waals surface area contributed by atoms with E-state index in [1.54, 1.807) is 35.0 Å². The number of hydrogen-bond donors (Lipinski definition) is 2. The molecule has 1 amide bonds. The Labute approximate surface area is 165 Å². The smallest absolute Gasteiger partial charge is 0.330 e. The van der Waals surface area contributed by atoms with Crippen LogP contribution in [0.3, 0.4) is 0 Å². The molecule has 2 aromatic carbocycles. The number of aromatic nitrogens is 2. The molecule has 1 aromatic heterocycles. The summed E-state index contributed by atoms with van der Waals surface area (Å²) in [5.41, 5.74) is 3.16. The summed E-state index contributed by atoms with van der Waals surface area (Å²) in [6, 6.07) is 17.4. The van der Waals surface area contributed by atoms with E-state index < -0.39 is 0 Å². The van der Waals surface area contributed by atoms with Crippen molar-refractivity contribution in [2.24, 2.45) is 0 Å². The molecule has 2 N–H and O–H groups in total. The van der Waals surface area contributed by atoms with Gasteiger partial charge in [0.1, 0.15) is 0 Å². The maximum atomic E-state index is 12.6. The zero-order valence-electron chi connectivity index (χ0n) is 16.8. The van der Waals surface area contributed by atoms with E-state index in [0.29, 0.717) is 5.56 Å². The van der Waals surface area contributed by atoms with Gasteiger partial charge < -0.3 is 10.3 Å². The van der Waals surface area contributed by atoms with Gasteiger partial charge in [-0.25, -0.2) is 4.79 Å². The molecule has 1 heterocycles. The van der Waals surface area contributed by atoms with Gasteiger partial charge >= 0.3 is 5.69 Å². The van der Waals surface area contributed by atoms with Gasteiger partial charge in [-0.05, 0) is 55.5 Å². The Morgan fingerprint density at radius 1 is 1.11 bits per heavy atom. The van der Waals surface area contributed by atoms with Crippen LogP contribution in [0.25, 0.3) is 5.69 Å². The second-order valence-electron chi connectivity index (χ2n) is 7.95. The lowest BCUT2D eigenvalue weighted by atomic mass is 9.79. The molecule has 28 heavy (non-hydrogen) atoms. The van der Waals surface area contributed by atoms with Crippen molar-refractivity contribution < 1.29 is 4.79 Å². The number of H-pyrrole nitrogens is 1. The fraction of sp³-hybridized carbons (Fsp3) is 0.304. The number of nitrogens with one attached hydrogen (secondary N) is 2. The van der Waals surface area contributed by atoms with Gasteiger partial charge in [0.05, 0.1) is 5.69 Å². The SMILES string of the molecule is Cc1c[nH]c(=O)n1-c1ccc(C(=O)NC(C)CC(C)(C)c2ccccc2)cc1. The molecular weight excluding hydrogens is 350 g/mol. The van der Waals surface area contributed by atoms with Gasteiger partial charge in [-0.3, -0.25) is 9.36 Å². The largest absolute Gasteiger partial charge is 0.350 e. The summed E-state index contributed by atoms with van der Waals surface area (Å²) < 4.78 is 1.58. The molecule has 0 saturated heterocycles. The molecule has 0 saturated carbocycles. The fourth-order valence-corrected chi connectivity index (χ4v) is 3.67. The normalized spacial score (nSPS) is 12.6. The lowest BCUT2D eigenvalue weighted by Gasteiger charge is -2.29. The van der Waals surface area contributed by atoms with E-state index in [1.807, 2.05) is 32.0 Å². The van der Waals surface area contributed by atoms with Gasteiger partial charge in [0.25, 0.3) is 5.91 Å². The van der Waals surface area contributed by atoms with E-state index in [9.17, 15) is 9.59 Å². The molecule has 3 rings (SSSR count). The number of hydrogen-bond acceptors (Lipinski definition) is 2. The first kappa shape index (κ1) is 19.7. The third-order valence-electron chi connectivity index (χ3n) is 5.10. The predicted molar refractivity (Wildman–Crippen MR) is 112 cm³/mol. The van der Waals surface area contributed by atoms with E-state index in [1.165, 1.54) is 5.56 Å². The van der Waals surface area contributed by atoms with Crippen LogP contribution in [-0.2, 0) is 5.41 Å². The number of carbonyl (C=O) groups excluding carboxylic acids is 1. The monoisotopic (exact) mass is 377 g/mol. The lowest BCUT2D eigenvalue weighted by Crippen LogP contribution is -2.37. The Bertz CT molecular complexity index is 998. The van der Waals surface area contributed by atoms with Crippen molar-refractivity contribution in [3.63, 3.8) is 0 Å². The van der Waals surface area contributed by atoms with Gasteiger partial charge in [-0.15, -0.1) is 0 Å². The fourth-order valence-electron chi connectivity index (χ4n) is 3.67. The molecule has 3 aromatic rings. The highest BCUT2D eigenvalue weighted by Crippen LogP contribution is 2.28. The highest BCUT2D eigenvalue weighted by molar-refractivity contribution is 5.94. The van der Waals surface area contributed by atoms with Crippen molar-refractivity contribution in [2.75, 3.05) is 0 Å². The van der Waals surface area contributed by atoms with E-state index >= 15 is 0 Å². The molecule has 1 unspecified atom stereocenters. The topological polar surface area (TPSA) is 66.9 Å². The predicted octanol–water partition coefficient (Wildman–Crippen LogP) is 3.96. The van der Waals surface area contributed by atoms with E-state index in [4.69, 9.17) is 0 Å². The Morgan fingerprint density at radius 3 is 2.32 bits per heavy atom. The third-order valence-corrected chi connectivity index (χ3v) is 5.10. The van der Waals surface area contributed by atoms with Crippen molar-refractivity contribution in [2.45, 2.75) is 45.6 Å². The first-order valence-corrected chi connectivity index (χ1v) is 9.52. The highest BCUT2D eigenvalue weighted by atomic mass is 16.2. The van der Waals surface area contributed by atoms with Crippen molar-refractivity contribution in [1.82, 2.24) is 14.9 Å². The number of benzene rings is 2. The van der Waals surface area contributed by atoms with Gasteiger partial charge in [-0.2, -0.15) is 0 Å². The maximum absolute atomic E-state index is 12.6. The zero-order valence-corrected chi connectivity index (χ0v) is 16.8. The van der Waals surface area contributed by atoms with Crippen LogP contribution in [0.2, 0.25) is 0 Å². The van der Waals surface area contributed by atoms with Gasteiger partial charge in [-0.1, -0.05) is 44.2 Å². The first-order valence-electron chi connectivity index (χ1n) is 9.52. The number of carbonyl (C=O) groups is 1. The molecule has 5 heteroatoms. The van der Waals surface area contributed by atoms with Gasteiger partial charge in [0.15, 0.2) is 0 Å². The Balaban J connectivity index is 1.67. The number of rotatable bonds is 6. The molecule has 0 aliphatic rings. The minimum Gasteiger partial charge on any atom is -0.350 e. The van der Waals surface area contributed by atoms with Crippen LogP contribution < -0.4 is 11.0 Å².